The molecule has 0 saturated carbocycles. The smallest absolute Gasteiger partial charge is 0.237 e. The Balaban J connectivity index is 0. The van der Waals surface area contributed by atoms with Gasteiger partial charge in [0, 0.05) is 6.15 Å². The zero-order chi connectivity index (χ0) is 2.71. The number of diazo groups is 1. The van der Waals surface area contributed by atoms with Crippen LogP contribution in [0.2, 0.25) is 0 Å². The van der Waals surface area contributed by atoms with Crippen molar-refractivity contribution in [2.45, 2.75) is 0 Å². The van der Waals surface area contributed by atoms with E-state index >= 15 is 0 Å². The summed E-state index contributed by atoms with van der Waals surface area (Å²) in [5.41, 5.74) is 0. The van der Waals surface area contributed by atoms with E-state index in [9.17, 15) is 0 Å². The third-order valence-corrected chi connectivity index (χ3v) is 0. The first-order valence-corrected chi connectivity index (χ1v) is 0.383. The monoisotopic (exact) mass is 58.0 g/mol. The molecule has 0 fully saturated rings. The van der Waals surface area contributed by atoms with Crippen LogP contribution in [0.15, 0.2) is 0 Å². The van der Waals surface area contributed by atoms with Gasteiger partial charge in [0.2, 0.25) is 10.5 Å². The highest BCUT2D eigenvalue weighted by Crippen LogP contribution is 1.32. The van der Waals surface area contributed by atoms with E-state index in [-0.39, 0.29) is 6.15 Å². The van der Waals surface area contributed by atoms with Crippen molar-refractivity contribution in [3.8, 4) is 0 Å². The van der Waals surface area contributed by atoms with E-state index in [0.717, 1.165) is 0 Å². The Kier molecular flexibility index (Phi) is 254. The summed E-state index contributed by atoms with van der Waals surface area (Å²) in [4.78, 5) is 0. The van der Waals surface area contributed by atoms with Crippen LogP contribution in [0, 0.1) is 10.6 Å². The molecule has 4 nitrogen and oxygen atoms in total. The van der Waals surface area contributed by atoms with Gasteiger partial charge in [-0.05, 0) is 0 Å². The topological polar surface area (TPSA) is 81.7 Å². The average molecular weight is 58.0 g/mol. The van der Waals surface area contributed by atoms with Crippen LogP contribution in [0.25, 0.3) is 5.14 Å². The fourth-order valence-electron chi connectivity index (χ4n) is 0. The lowest BCUT2D eigenvalue weighted by molar-refractivity contribution is 1.48. The Hall–Kier alpha value is -0.820. The third kappa shape index (κ3) is 0.0569. The molecule has 0 saturated heterocycles. The summed E-state index contributed by atoms with van der Waals surface area (Å²) in [6, 6.07) is 0. The summed E-state index contributed by atoms with van der Waals surface area (Å²) in [5, 5.41) is 16.0. The Morgan fingerprint density at radius 1 is 1.75 bits per heavy atom. The van der Waals surface area contributed by atoms with Gasteiger partial charge in [0.05, 0.1) is 0 Å². The summed E-state index contributed by atoms with van der Waals surface area (Å²) in [6.45, 7) is 0. The molecule has 0 aliphatic rings. The van der Waals surface area contributed by atoms with Gasteiger partial charge in [-0.1, -0.05) is 0 Å². The van der Waals surface area contributed by atoms with Crippen LogP contribution in [0.5, 0.6) is 0 Å². The number of nitrogens with zero attached hydrogens (tertiary/aromatic N) is 3. The molecule has 0 spiro atoms. The summed E-state index contributed by atoms with van der Waals surface area (Å²) < 4.78 is 0. The molecule has 0 N–H and O–H groups in total. The van der Waals surface area contributed by atoms with Crippen LogP contribution in [-0.4, -0.2) is 0 Å². The van der Waals surface area contributed by atoms with E-state index in [1.807, 2.05) is 0 Å². The fourth-order valence-corrected chi connectivity index (χ4v) is 0. The molecule has 4 heteroatoms. The quantitative estimate of drug-likeness (QED) is 0.287. The molecular formula is N3O. The first-order chi connectivity index (χ1) is 1.41. The van der Waals surface area contributed by atoms with E-state index in [0.29, 0.717) is 0 Å². The molecular weight excluding hydrogens is 58.0 g/mol. The lowest BCUT2D eigenvalue weighted by Gasteiger charge is -1.26. The van der Waals surface area contributed by atoms with Crippen molar-refractivity contribution in [3.05, 3.63) is 10.3 Å². The maximum absolute atomic E-state index is 8.11. The second kappa shape index (κ2) is 93.7. The molecule has 0 aromatic carbocycles. The van der Waals surface area contributed by atoms with E-state index < -0.39 is 0 Å². The summed E-state index contributed by atoms with van der Waals surface area (Å²) in [7, 11) is 0. The number of rotatable bonds is 0. The van der Waals surface area contributed by atoms with Crippen LogP contribution in [0.3, 0.4) is 0 Å². The second-order valence-electron chi connectivity index (χ2n) is 0.0816. The minimum absolute atomic E-state index is 0. The molecule has 0 unspecified atom stereocenters. The lowest BCUT2D eigenvalue weighted by Crippen LogP contribution is -1.00. The van der Waals surface area contributed by atoms with Crippen molar-refractivity contribution in [3.63, 3.8) is 0 Å². The molecule has 0 aromatic rings. The third-order valence-electron chi connectivity index (χ3n) is 0. The van der Waals surface area contributed by atoms with Gasteiger partial charge in [0.15, 0.2) is 0 Å². The summed E-state index contributed by atoms with van der Waals surface area (Å²) >= 11 is 0. The molecule has 3 radical (unpaired) electrons. The van der Waals surface area contributed by atoms with Gasteiger partial charge >= 0.3 is 0 Å². The molecule has 0 amide bonds. The Morgan fingerprint density at radius 3 is 1.75 bits per heavy atom. The zero-order valence-electron chi connectivity index (χ0n) is 1.75. The van der Waals surface area contributed by atoms with E-state index in [4.69, 9.17) is 10.6 Å². The molecule has 21 valence electrons. The van der Waals surface area contributed by atoms with Gasteiger partial charge in [-0.15, -0.1) is 0 Å². The lowest BCUT2D eigenvalue weighted by atomic mass is 13.2. The highest BCUT2D eigenvalue weighted by atomic mass is 16.4. The summed E-state index contributed by atoms with van der Waals surface area (Å²) in [6.07, 6.45) is 0. The zero-order valence-corrected chi connectivity index (χ0v) is 1.75. The number of hydrogen-bond acceptors (Lipinski definition) is 2. The minimum atomic E-state index is 0. The first-order valence-electron chi connectivity index (χ1n) is 0.383. The van der Waals surface area contributed by atoms with Crippen LogP contribution in [0.1, 0.15) is 0 Å². The summed E-state index contributed by atoms with van der Waals surface area (Å²) in [5.74, 6) is 0. The molecule has 0 atom stereocenters. The van der Waals surface area contributed by atoms with E-state index in [1.54, 1.807) is 0 Å². The minimum Gasteiger partial charge on any atom is -0.463 e. The van der Waals surface area contributed by atoms with Crippen LogP contribution < -0.4 is 6.15 Å². The van der Waals surface area contributed by atoms with Crippen LogP contribution in [-0.2, 0) is 0 Å². The Morgan fingerprint density at radius 2 is 1.75 bits per heavy atom. The van der Waals surface area contributed by atoms with Crippen molar-refractivity contribution in [2.24, 2.45) is 0 Å². The number of hydrogen-bond donors (Lipinski definition) is 0. The van der Waals surface area contributed by atoms with Gasteiger partial charge < -0.3 is 5.21 Å². The van der Waals surface area contributed by atoms with Crippen LogP contribution in [0.4, 0.5) is 0 Å². The van der Waals surface area contributed by atoms with Crippen molar-refractivity contribution in [1.29, 1.82) is 5.39 Å². The van der Waals surface area contributed by atoms with Crippen LogP contribution >= 0.6 is 0 Å². The Bertz CT molecular complexity index is 24.8. The van der Waals surface area contributed by atoms with E-state index in [2.05, 4.69) is 0 Å². The maximum Gasteiger partial charge on any atom is 0.237 e. The average Bonchev–Trinajstić information content (AvgIpc) is 0.918. The van der Waals surface area contributed by atoms with Gasteiger partial charge in [0.25, 0.3) is 0 Å². The van der Waals surface area contributed by atoms with Crippen molar-refractivity contribution in [1.82, 2.24) is 6.15 Å². The molecule has 0 aromatic heterocycles. The SMILES string of the molecule is N#[N+][O-].[N]. The highest BCUT2D eigenvalue weighted by molar-refractivity contribution is 4.43. The maximum atomic E-state index is 8.11. The predicted octanol–water partition coefficient (Wildman–Crippen LogP) is -0.143. The normalized spacial score (nSPS) is 1.75. The Labute approximate surface area is 23.2 Å². The van der Waals surface area contributed by atoms with Crippen molar-refractivity contribution >= 4 is 0 Å². The standard InChI is InChI=1S/N2O.N/c1-2-3;. The molecule has 0 aliphatic carbocycles. The molecule has 0 bridgehead atoms. The van der Waals surface area contributed by atoms with Crippen molar-refractivity contribution < 1.29 is 0 Å². The largest absolute Gasteiger partial charge is 0.463 e. The second-order valence-corrected chi connectivity index (χ2v) is 0.0816. The molecule has 0 heterocycles. The fraction of sp³-hybridized carbons (Fsp3) is 0. The van der Waals surface area contributed by atoms with E-state index in [1.165, 1.54) is 5.14 Å². The van der Waals surface area contributed by atoms with Gasteiger partial charge in [0.1, 0.15) is 0 Å². The molecule has 0 rings (SSSR count). The van der Waals surface area contributed by atoms with Gasteiger partial charge in [-0.25, -0.2) is 0 Å². The first kappa shape index (κ1) is 10.9. The highest BCUT2D eigenvalue weighted by Gasteiger charge is 1.19. The molecule has 4 heavy (non-hydrogen) atoms. The predicted molar refractivity (Wildman–Crippen MR) is 10.6 cm³/mol. The van der Waals surface area contributed by atoms with Crippen molar-refractivity contribution in [2.75, 3.05) is 0 Å². The van der Waals surface area contributed by atoms with Gasteiger partial charge in [-0.2, -0.15) is 0 Å². The molecule has 0 aliphatic heterocycles. The van der Waals surface area contributed by atoms with Gasteiger partial charge in [-0.3, -0.25) is 0 Å².